The Morgan fingerprint density at radius 1 is 1.57 bits per heavy atom. The Morgan fingerprint density at radius 2 is 2.21 bits per heavy atom. The Balaban J connectivity index is 4.15. The minimum absolute atomic E-state index is 0.209. The Morgan fingerprint density at radius 3 is 2.64 bits per heavy atom. The minimum atomic E-state index is -0.752. The van der Waals surface area contributed by atoms with E-state index in [1.165, 1.54) is 20.2 Å². The van der Waals surface area contributed by atoms with E-state index >= 15 is 0 Å². The fourth-order valence-electron chi connectivity index (χ4n) is 0.537. The van der Waals surface area contributed by atoms with E-state index in [0.29, 0.717) is 0 Å². The summed E-state index contributed by atoms with van der Waals surface area (Å²) in [5.74, 6) is -1.12. The van der Waals surface area contributed by atoms with Crippen molar-refractivity contribution < 1.29 is 14.4 Å². The van der Waals surface area contributed by atoms with Crippen LogP contribution in [0.25, 0.3) is 0 Å². The predicted molar refractivity (Wildman–Crippen MR) is 47.1 cm³/mol. The average Bonchev–Trinajstić information content (AvgIpc) is 2.21. The van der Waals surface area contributed by atoms with Crippen LogP contribution in [-0.2, 0) is 14.4 Å². The number of amides is 2. The molecule has 0 atom stereocenters. The monoisotopic (exact) mass is 198 g/mol. The predicted octanol–water partition coefficient (Wildman–Crippen LogP) is -1.63. The zero-order valence-electron chi connectivity index (χ0n) is 7.83. The molecule has 0 radical (unpaired) electrons. The van der Waals surface area contributed by atoms with E-state index < -0.39 is 11.6 Å². The van der Waals surface area contributed by atoms with E-state index in [1.54, 1.807) is 0 Å². The van der Waals surface area contributed by atoms with Crippen molar-refractivity contribution in [1.29, 1.82) is 5.26 Å². The topological polar surface area (TPSA) is 104 Å². The molecule has 0 aliphatic rings. The molecule has 0 unspecified atom stereocenters. The lowest BCUT2D eigenvalue weighted by Crippen LogP contribution is -2.38. The number of oxime groups is 1. The smallest absolute Gasteiger partial charge is 0.284 e. The molecule has 76 valence electrons. The van der Waals surface area contributed by atoms with Crippen molar-refractivity contribution in [2.24, 2.45) is 5.16 Å². The van der Waals surface area contributed by atoms with E-state index in [-0.39, 0.29) is 12.5 Å². The highest BCUT2D eigenvalue weighted by Gasteiger charge is 2.11. The van der Waals surface area contributed by atoms with Gasteiger partial charge in [0.05, 0.1) is 6.54 Å². The molecule has 2 N–H and O–H groups in total. The van der Waals surface area contributed by atoms with E-state index in [4.69, 9.17) is 5.26 Å². The quantitative estimate of drug-likeness (QED) is 0.418. The van der Waals surface area contributed by atoms with Gasteiger partial charge in [0.25, 0.3) is 5.91 Å². The zero-order valence-corrected chi connectivity index (χ0v) is 7.83. The summed E-state index contributed by atoms with van der Waals surface area (Å²) in [6.45, 7) is -0.209. The maximum atomic E-state index is 11.1. The van der Waals surface area contributed by atoms with Gasteiger partial charge in [-0.1, -0.05) is 5.16 Å². The first kappa shape index (κ1) is 11.9. The fraction of sp³-hybridized carbons (Fsp3) is 0.429. The van der Waals surface area contributed by atoms with Gasteiger partial charge in [-0.2, -0.15) is 5.26 Å². The third-order valence-electron chi connectivity index (χ3n) is 1.19. The first-order valence-corrected chi connectivity index (χ1v) is 3.65. The summed E-state index contributed by atoms with van der Waals surface area (Å²) in [5, 5.41) is 16.1. The van der Waals surface area contributed by atoms with Crippen LogP contribution in [0.2, 0.25) is 0 Å². The molecule has 0 bridgehead atoms. The summed E-state index contributed by atoms with van der Waals surface area (Å²) in [6.07, 6.45) is 0. The van der Waals surface area contributed by atoms with Gasteiger partial charge >= 0.3 is 0 Å². The van der Waals surface area contributed by atoms with Crippen molar-refractivity contribution in [3.05, 3.63) is 0 Å². The lowest BCUT2D eigenvalue weighted by molar-refractivity contribution is -0.123. The summed E-state index contributed by atoms with van der Waals surface area (Å²) >= 11 is 0. The van der Waals surface area contributed by atoms with Crippen LogP contribution >= 0.6 is 0 Å². The molecule has 0 spiro atoms. The number of carbonyl (C=O) groups excluding carboxylic acids is 2. The van der Waals surface area contributed by atoms with Crippen molar-refractivity contribution >= 4 is 17.5 Å². The van der Waals surface area contributed by atoms with Crippen LogP contribution in [0.5, 0.6) is 0 Å². The fourth-order valence-corrected chi connectivity index (χ4v) is 0.537. The molecule has 0 aromatic carbocycles. The van der Waals surface area contributed by atoms with Gasteiger partial charge in [0.2, 0.25) is 11.6 Å². The van der Waals surface area contributed by atoms with Gasteiger partial charge in [-0.3, -0.25) is 9.59 Å². The normalized spacial score (nSPS) is 9.93. The third kappa shape index (κ3) is 4.06. The summed E-state index contributed by atoms with van der Waals surface area (Å²) in [7, 11) is 2.65. The van der Waals surface area contributed by atoms with Crippen LogP contribution in [0.3, 0.4) is 0 Å². The highest BCUT2D eigenvalue weighted by molar-refractivity contribution is 6.45. The largest absolute Gasteiger partial charge is 0.398 e. The van der Waals surface area contributed by atoms with Crippen molar-refractivity contribution in [2.45, 2.75) is 0 Å². The van der Waals surface area contributed by atoms with Gasteiger partial charge in [0, 0.05) is 7.05 Å². The summed E-state index contributed by atoms with van der Waals surface area (Å²) in [6, 6.07) is 1.53. The van der Waals surface area contributed by atoms with Crippen LogP contribution in [-0.4, -0.2) is 38.2 Å². The zero-order chi connectivity index (χ0) is 11.0. The van der Waals surface area contributed by atoms with E-state index in [0.717, 1.165) is 0 Å². The first-order chi connectivity index (χ1) is 6.65. The molecule has 0 rings (SSSR count). The van der Waals surface area contributed by atoms with Crippen LogP contribution in [0.1, 0.15) is 0 Å². The van der Waals surface area contributed by atoms with Crippen LogP contribution in [0.4, 0.5) is 0 Å². The molecule has 0 aromatic heterocycles. The standard InChI is InChI=1S/C7H10N4O3/c1-9-6(12)4-10-7(13)5(3-8)11-14-2/h4H2,1-2H3,(H,9,12)(H,10,13)/b11-5-. The maximum Gasteiger partial charge on any atom is 0.284 e. The van der Waals surface area contributed by atoms with Crippen LogP contribution in [0, 0.1) is 11.3 Å². The molecule has 0 saturated carbocycles. The molecule has 0 saturated heterocycles. The molecule has 7 heteroatoms. The molecule has 2 amide bonds. The van der Waals surface area contributed by atoms with Gasteiger partial charge in [-0.05, 0) is 0 Å². The summed E-state index contributed by atoms with van der Waals surface area (Å²) in [5.41, 5.74) is -0.434. The van der Waals surface area contributed by atoms with Crippen LogP contribution in [0.15, 0.2) is 5.16 Å². The number of hydrogen-bond acceptors (Lipinski definition) is 5. The second-order valence-corrected chi connectivity index (χ2v) is 2.09. The average molecular weight is 198 g/mol. The highest BCUT2D eigenvalue weighted by atomic mass is 16.6. The molecule has 0 aliphatic carbocycles. The second-order valence-electron chi connectivity index (χ2n) is 2.09. The SMILES string of the molecule is CNC(=O)CNC(=O)/C(C#N)=N\OC. The molecule has 0 heterocycles. The lowest BCUT2D eigenvalue weighted by Gasteiger charge is -2.01. The first-order valence-electron chi connectivity index (χ1n) is 3.65. The third-order valence-corrected chi connectivity index (χ3v) is 1.19. The summed E-state index contributed by atoms with van der Waals surface area (Å²) < 4.78 is 0. The highest BCUT2D eigenvalue weighted by Crippen LogP contribution is 1.78. The van der Waals surface area contributed by atoms with Crippen molar-refractivity contribution in [2.75, 3.05) is 20.7 Å². The van der Waals surface area contributed by atoms with Gasteiger partial charge in [0.1, 0.15) is 13.2 Å². The molecule has 7 nitrogen and oxygen atoms in total. The van der Waals surface area contributed by atoms with Crippen LogP contribution < -0.4 is 10.6 Å². The Labute approximate surface area is 80.7 Å². The van der Waals surface area contributed by atoms with Crippen molar-refractivity contribution in [3.8, 4) is 6.07 Å². The van der Waals surface area contributed by atoms with Gasteiger partial charge in [-0.25, -0.2) is 0 Å². The van der Waals surface area contributed by atoms with E-state index in [1.807, 2.05) is 0 Å². The number of hydrogen-bond donors (Lipinski definition) is 2. The maximum absolute atomic E-state index is 11.1. The molecular weight excluding hydrogens is 188 g/mol. The van der Waals surface area contributed by atoms with Gasteiger partial charge in [-0.15, -0.1) is 0 Å². The molecule has 14 heavy (non-hydrogen) atoms. The minimum Gasteiger partial charge on any atom is -0.398 e. The van der Waals surface area contributed by atoms with Crippen molar-refractivity contribution in [1.82, 2.24) is 10.6 Å². The second kappa shape index (κ2) is 6.42. The number of carbonyl (C=O) groups is 2. The number of nitriles is 1. The van der Waals surface area contributed by atoms with Gasteiger partial charge < -0.3 is 15.5 Å². The van der Waals surface area contributed by atoms with E-state index in [9.17, 15) is 9.59 Å². The van der Waals surface area contributed by atoms with Crippen molar-refractivity contribution in [3.63, 3.8) is 0 Å². The Bertz CT molecular complexity index is 292. The Kier molecular flexibility index (Phi) is 5.46. The molecule has 0 aromatic rings. The number of nitrogens with one attached hydrogen (secondary N) is 2. The lowest BCUT2D eigenvalue weighted by atomic mass is 10.4. The molecular formula is C7H10N4O3. The van der Waals surface area contributed by atoms with E-state index in [2.05, 4.69) is 20.6 Å². The number of nitrogens with zero attached hydrogens (tertiary/aromatic N) is 2. The Hall–Kier alpha value is -2.10. The van der Waals surface area contributed by atoms with Gasteiger partial charge in [0.15, 0.2) is 0 Å². The molecule has 0 aliphatic heterocycles. The number of rotatable bonds is 4. The molecule has 0 fully saturated rings. The number of likely N-dealkylation sites (N-methyl/N-ethyl adjacent to an activating group) is 1. The summed E-state index contributed by atoms with van der Waals surface area (Å²) in [4.78, 5) is 26.0.